The molecule has 1 atom stereocenters. The minimum atomic E-state index is 0.363. The fourth-order valence-corrected chi connectivity index (χ4v) is 0.988. The Hall–Kier alpha value is -0.0400. The maximum absolute atomic E-state index is 5.63. The lowest BCUT2D eigenvalue weighted by molar-refractivity contribution is 0.0226. The van der Waals surface area contributed by atoms with E-state index >= 15 is 0 Å². The molecule has 0 heterocycles. The second-order valence-corrected chi connectivity index (χ2v) is 3.30. The van der Waals surface area contributed by atoms with Crippen molar-refractivity contribution in [2.24, 2.45) is 5.92 Å². The Bertz CT molecular complexity index is 78.9. The number of ether oxygens (including phenoxy) is 1. The first-order valence-electron chi connectivity index (χ1n) is 4.63. The van der Waals surface area contributed by atoms with E-state index in [4.69, 9.17) is 4.74 Å². The second kappa shape index (κ2) is 6.66. The summed E-state index contributed by atoms with van der Waals surface area (Å²) in [5.41, 5.74) is 0. The Morgan fingerprint density at radius 1 is 1.36 bits per heavy atom. The van der Waals surface area contributed by atoms with Gasteiger partial charge in [-0.15, -0.1) is 0 Å². The van der Waals surface area contributed by atoms with Gasteiger partial charge in [-0.25, -0.2) is 0 Å². The second-order valence-electron chi connectivity index (χ2n) is 3.30. The van der Waals surface area contributed by atoms with Crippen molar-refractivity contribution in [1.82, 2.24) is 0 Å². The van der Waals surface area contributed by atoms with Crippen molar-refractivity contribution >= 4 is 0 Å². The van der Waals surface area contributed by atoms with Gasteiger partial charge in [0.1, 0.15) is 0 Å². The topological polar surface area (TPSA) is 9.23 Å². The van der Waals surface area contributed by atoms with Gasteiger partial charge in [0, 0.05) is 6.61 Å². The Morgan fingerprint density at radius 3 is 2.36 bits per heavy atom. The fourth-order valence-electron chi connectivity index (χ4n) is 0.988. The van der Waals surface area contributed by atoms with Crippen molar-refractivity contribution in [3.05, 3.63) is 6.92 Å². The quantitative estimate of drug-likeness (QED) is 0.538. The number of hydrogen-bond donors (Lipinski definition) is 0. The van der Waals surface area contributed by atoms with Crippen LogP contribution >= 0.6 is 0 Å². The molecule has 0 N–H and O–H groups in total. The van der Waals surface area contributed by atoms with E-state index in [1.54, 1.807) is 0 Å². The van der Waals surface area contributed by atoms with Gasteiger partial charge in [0.15, 0.2) is 0 Å². The Balaban J connectivity index is 3.36. The van der Waals surface area contributed by atoms with Gasteiger partial charge < -0.3 is 4.74 Å². The number of unbranched alkanes of at least 4 members (excludes halogenated alkanes) is 1. The normalized spacial score (nSPS) is 13.9. The maximum Gasteiger partial charge on any atom is 0.0598 e. The summed E-state index contributed by atoms with van der Waals surface area (Å²) in [6.07, 6.45) is 3.63. The SMILES string of the molecule is [CH2]CC(OCCCC)C(C)C. The van der Waals surface area contributed by atoms with Crippen LogP contribution in [-0.4, -0.2) is 12.7 Å². The average molecular weight is 157 g/mol. The fraction of sp³-hybridized carbons (Fsp3) is 0.900. The minimum Gasteiger partial charge on any atom is -0.378 e. The third-order valence-electron chi connectivity index (χ3n) is 1.86. The van der Waals surface area contributed by atoms with Crippen LogP contribution in [0.5, 0.6) is 0 Å². The molecule has 0 fully saturated rings. The molecule has 0 saturated heterocycles. The maximum atomic E-state index is 5.63. The van der Waals surface area contributed by atoms with Crippen molar-refractivity contribution in [3.8, 4) is 0 Å². The first-order valence-corrected chi connectivity index (χ1v) is 4.63. The van der Waals surface area contributed by atoms with Gasteiger partial charge in [0.25, 0.3) is 0 Å². The lowest BCUT2D eigenvalue weighted by Gasteiger charge is -2.19. The average Bonchev–Trinajstić information content (AvgIpc) is 1.97. The van der Waals surface area contributed by atoms with Crippen LogP contribution in [0.1, 0.15) is 40.0 Å². The zero-order valence-electron chi connectivity index (χ0n) is 8.10. The smallest absolute Gasteiger partial charge is 0.0598 e. The third kappa shape index (κ3) is 5.25. The van der Waals surface area contributed by atoms with E-state index in [9.17, 15) is 0 Å². The van der Waals surface area contributed by atoms with Crippen LogP contribution in [0.2, 0.25) is 0 Å². The van der Waals surface area contributed by atoms with Crippen LogP contribution in [0.25, 0.3) is 0 Å². The third-order valence-corrected chi connectivity index (χ3v) is 1.86. The summed E-state index contributed by atoms with van der Waals surface area (Å²) in [4.78, 5) is 0. The molecule has 0 spiro atoms. The standard InChI is InChI=1S/C10H21O/c1-5-7-8-11-10(6-2)9(3)4/h9-10H,2,5-8H2,1,3-4H3. The zero-order valence-corrected chi connectivity index (χ0v) is 8.10. The molecule has 1 radical (unpaired) electrons. The zero-order chi connectivity index (χ0) is 8.69. The molecule has 0 rings (SSSR count). The molecule has 0 aromatic heterocycles. The molecular formula is C10H21O. The first-order chi connectivity index (χ1) is 5.22. The summed E-state index contributed by atoms with van der Waals surface area (Å²) >= 11 is 0. The van der Waals surface area contributed by atoms with Crippen molar-refractivity contribution in [3.63, 3.8) is 0 Å². The van der Waals surface area contributed by atoms with Gasteiger partial charge in [-0.05, 0) is 18.8 Å². The van der Waals surface area contributed by atoms with E-state index in [1.807, 2.05) is 0 Å². The summed E-state index contributed by atoms with van der Waals surface area (Å²) in [7, 11) is 0. The van der Waals surface area contributed by atoms with E-state index < -0.39 is 0 Å². The summed E-state index contributed by atoms with van der Waals surface area (Å²) < 4.78 is 5.63. The molecule has 11 heavy (non-hydrogen) atoms. The summed E-state index contributed by atoms with van der Waals surface area (Å²) in [6, 6.07) is 0. The molecule has 67 valence electrons. The van der Waals surface area contributed by atoms with E-state index in [2.05, 4.69) is 27.7 Å². The van der Waals surface area contributed by atoms with E-state index in [0.717, 1.165) is 13.0 Å². The highest BCUT2D eigenvalue weighted by Crippen LogP contribution is 2.10. The van der Waals surface area contributed by atoms with Crippen LogP contribution in [0.15, 0.2) is 0 Å². The first kappa shape index (κ1) is 11.0. The van der Waals surface area contributed by atoms with E-state index in [-0.39, 0.29) is 0 Å². The lowest BCUT2D eigenvalue weighted by atomic mass is 10.1. The molecule has 0 saturated carbocycles. The Labute approximate surface area is 71.1 Å². The molecule has 1 unspecified atom stereocenters. The highest BCUT2D eigenvalue weighted by molar-refractivity contribution is 4.63. The van der Waals surface area contributed by atoms with E-state index in [0.29, 0.717) is 12.0 Å². The van der Waals surface area contributed by atoms with Gasteiger partial charge in [0.2, 0.25) is 0 Å². The molecule has 0 aliphatic heterocycles. The molecule has 1 nitrogen and oxygen atoms in total. The van der Waals surface area contributed by atoms with Crippen molar-refractivity contribution in [2.45, 2.75) is 46.1 Å². The molecule has 0 aliphatic rings. The monoisotopic (exact) mass is 157 g/mol. The van der Waals surface area contributed by atoms with E-state index in [1.165, 1.54) is 12.8 Å². The van der Waals surface area contributed by atoms with Gasteiger partial charge in [-0.3, -0.25) is 0 Å². The Kier molecular flexibility index (Phi) is 6.63. The van der Waals surface area contributed by atoms with Crippen LogP contribution in [0.3, 0.4) is 0 Å². The van der Waals surface area contributed by atoms with Crippen molar-refractivity contribution < 1.29 is 4.74 Å². The van der Waals surface area contributed by atoms with Gasteiger partial charge in [-0.2, -0.15) is 0 Å². The van der Waals surface area contributed by atoms with Crippen LogP contribution in [0.4, 0.5) is 0 Å². The molecular weight excluding hydrogens is 136 g/mol. The molecule has 1 heteroatoms. The van der Waals surface area contributed by atoms with Gasteiger partial charge in [-0.1, -0.05) is 34.1 Å². The largest absolute Gasteiger partial charge is 0.378 e. The molecule has 0 amide bonds. The summed E-state index contributed by atoms with van der Waals surface area (Å²) in [5.74, 6) is 0.601. The minimum absolute atomic E-state index is 0.363. The van der Waals surface area contributed by atoms with Crippen molar-refractivity contribution in [1.29, 1.82) is 0 Å². The van der Waals surface area contributed by atoms with Crippen LogP contribution in [0, 0.1) is 12.8 Å². The van der Waals surface area contributed by atoms with Gasteiger partial charge >= 0.3 is 0 Å². The summed E-state index contributed by atoms with van der Waals surface area (Å²) in [6.45, 7) is 11.3. The molecule has 0 aliphatic carbocycles. The highest BCUT2D eigenvalue weighted by Gasteiger charge is 2.09. The number of rotatable bonds is 6. The predicted octanol–water partition coefficient (Wildman–Crippen LogP) is 3.05. The highest BCUT2D eigenvalue weighted by atomic mass is 16.5. The molecule has 0 bridgehead atoms. The lowest BCUT2D eigenvalue weighted by Crippen LogP contribution is -2.19. The van der Waals surface area contributed by atoms with Gasteiger partial charge in [0.05, 0.1) is 6.10 Å². The molecule has 0 aromatic rings. The van der Waals surface area contributed by atoms with Crippen molar-refractivity contribution in [2.75, 3.05) is 6.61 Å². The molecule has 0 aromatic carbocycles. The van der Waals surface area contributed by atoms with Crippen LogP contribution in [-0.2, 0) is 4.74 Å². The predicted molar refractivity (Wildman–Crippen MR) is 49.5 cm³/mol. The number of hydrogen-bond acceptors (Lipinski definition) is 1. The van der Waals surface area contributed by atoms with Crippen LogP contribution < -0.4 is 0 Å². The summed E-state index contributed by atoms with van der Waals surface area (Å²) in [5, 5.41) is 0. The Morgan fingerprint density at radius 2 is 2.00 bits per heavy atom.